The molecule has 0 bridgehead atoms. The molecule has 0 amide bonds. The van der Waals surface area contributed by atoms with Crippen molar-refractivity contribution < 1.29 is 15.1 Å². The van der Waals surface area contributed by atoms with E-state index in [9.17, 15) is 0 Å². The van der Waals surface area contributed by atoms with E-state index in [1.165, 1.54) is 5.56 Å². The van der Waals surface area contributed by atoms with E-state index >= 15 is 0 Å². The van der Waals surface area contributed by atoms with Gasteiger partial charge in [-0.15, -0.1) is 0 Å². The highest BCUT2D eigenvalue weighted by atomic mass is 16.6. The second-order valence-corrected chi connectivity index (χ2v) is 3.01. The highest BCUT2D eigenvalue weighted by Gasteiger charge is 1.95. The van der Waals surface area contributed by atoms with E-state index in [0.29, 0.717) is 0 Å². The summed E-state index contributed by atoms with van der Waals surface area (Å²) < 4.78 is 5.17. The summed E-state index contributed by atoms with van der Waals surface area (Å²) in [5.74, 6) is 0.877. The van der Waals surface area contributed by atoms with Gasteiger partial charge in [-0.05, 0) is 30.2 Å². The molecule has 1 aromatic rings. The lowest BCUT2D eigenvalue weighted by Crippen LogP contribution is -2.75. The van der Waals surface area contributed by atoms with Gasteiger partial charge in [0.25, 0.3) is 0 Å². The third kappa shape index (κ3) is 3.20. The molecule has 0 aromatic heterocycles. The van der Waals surface area contributed by atoms with Crippen molar-refractivity contribution in [1.29, 1.82) is 0 Å². The Bertz CT molecular complexity index is 321. The van der Waals surface area contributed by atoms with Gasteiger partial charge in [-0.3, -0.25) is 0 Å². The molecule has 0 aliphatic carbocycles. The number of benzene rings is 1. The zero-order chi connectivity index (χ0) is 10.4. The second-order valence-electron chi connectivity index (χ2n) is 3.01. The number of hydrogen-bond donors (Lipinski definition) is 1. The molecule has 0 aliphatic heterocycles. The second kappa shape index (κ2) is 5.42. The minimum Gasteiger partial charge on any atom is -0.497 e. The van der Waals surface area contributed by atoms with Gasteiger partial charge in [0.1, 0.15) is 11.9 Å². The van der Waals surface area contributed by atoms with Gasteiger partial charge in [-0.25, -0.2) is 4.84 Å². The molecule has 3 heteroatoms. The lowest BCUT2D eigenvalue weighted by Gasteiger charge is -2.02. The molecule has 0 radical (unpaired) electrons. The van der Waals surface area contributed by atoms with Crippen LogP contribution in [0.2, 0.25) is 0 Å². The van der Waals surface area contributed by atoms with Crippen LogP contribution in [0.5, 0.6) is 5.75 Å². The van der Waals surface area contributed by atoms with Crippen molar-refractivity contribution in [2.75, 3.05) is 14.2 Å². The Morgan fingerprint density at radius 2 is 2.00 bits per heavy atom. The maximum Gasteiger partial charge on any atom is 0.126 e. The van der Waals surface area contributed by atoms with Gasteiger partial charge in [0.2, 0.25) is 0 Å². The first-order valence-electron chi connectivity index (χ1n) is 4.44. The molecule has 1 rings (SSSR count). The number of hydrogen-bond acceptors (Lipinski definition) is 2. The smallest absolute Gasteiger partial charge is 0.126 e. The molecular formula is C11H16NO2+. The third-order valence-electron chi connectivity index (χ3n) is 1.81. The first kappa shape index (κ1) is 10.8. The Morgan fingerprint density at radius 3 is 2.64 bits per heavy atom. The van der Waals surface area contributed by atoms with Gasteiger partial charge in [-0.2, -0.15) is 5.48 Å². The van der Waals surface area contributed by atoms with Crippen molar-refractivity contribution in [3.63, 3.8) is 0 Å². The summed E-state index contributed by atoms with van der Waals surface area (Å²) in [4.78, 5) is 4.81. The topological polar surface area (TPSA) is 35.1 Å². The number of nitrogens with two attached hydrogens (primary N) is 1. The highest BCUT2D eigenvalue weighted by molar-refractivity contribution is 5.52. The number of methoxy groups -OCH3 is 1. The van der Waals surface area contributed by atoms with Crippen molar-refractivity contribution in [3.05, 3.63) is 35.5 Å². The third-order valence-corrected chi connectivity index (χ3v) is 1.81. The summed E-state index contributed by atoms with van der Waals surface area (Å²) >= 11 is 0. The zero-order valence-electron chi connectivity index (χ0n) is 8.78. The molecular weight excluding hydrogens is 178 g/mol. The summed E-state index contributed by atoms with van der Waals surface area (Å²) in [7, 11) is 3.30. The van der Waals surface area contributed by atoms with E-state index in [0.717, 1.165) is 11.3 Å². The van der Waals surface area contributed by atoms with Crippen LogP contribution in [0, 0.1) is 6.92 Å². The maximum absolute atomic E-state index is 5.17. The van der Waals surface area contributed by atoms with Crippen LogP contribution in [0.3, 0.4) is 0 Å². The summed E-state index contributed by atoms with van der Waals surface area (Å²) in [5, 5.41) is 0. The number of quaternary nitrogens is 1. The van der Waals surface area contributed by atoms with E-state index in [4.69, 9.17) is 9.57 Å². The van der Waals surface area contributed by atoms with Crippen molar-refractivity contribution in [1.82, 2.24) is 0 Å². The molecule has 0 spiro atoms. The Kier molecular flexibility index (Phi) is 4.16. The Balaban J connectivity index is 2.81. The summed E-state index contributed by atoms with van der Waals surface area (Å²) in [6.45, 7) is 2.04. The van der Waals surface area contributed by atoms with E-state index < -0.39 is 0 Å². The lowest BCUT2D eigenvalue weighted by atomic mass is 10.1. The van der Waals surface area contributed by atoms with Gasteiger partial charge in [0, 0.05) is 6.08 Å². The molecule has 1 aromatic carbocycles. The van der Waals surface area contributed by atoms with E-state index in [1.807, 2.05) is 31.3 Å². The Hall–Kier alpha value is -1.32. The van der Waals surface area contributed by atoms with Crippen LogP contribution in [0.1, 0.15) is 11.1 Å². The number of rotatable bonds is 4. The Labute approximate surface area is 84.3 Å². The van der Waals surface area contributed by atoms with Gasteiger partial charge in [-0.1, -0.05) is 6.07 Å². The van der Waals surface area contributed by atoms with Crippen molar-refractivity contribution >= 4 is 6.08 Å². The molecule has 0 saturated heterocycles. The van der Waals surface area contributed by atoms with Gasteiger partial charge < -0.3 is 4.74 Å². The molecule has 0 unspecified atom stereocenters. The number of ether oxygens (including phenoxy) is 1. The first-order valence-corrected chi connectivity index (χ1v) is 4.44. The maximum atomic E-state index is 5.17. The summed E-state index contributed by atoms with van der Waals surface area (Å²) in [6, 6.07) is 6.06. The standard InChI is InChI=1S/C11H15NO2/c1-9-6-10(4-5-12-14-3)8-11(7-9)13-2/h4-8,12H,1-3H3/p+1/b5-4+. The Morgan fingerprint density at radius 1 is 1.21 bits per heavy atom. The molecule has 76 valence electrons. The quantitative estimate of drug-likeness (QED) is 0.728. The summed E-state index contributed by atoms with van der Waals surface area (Å²) in [5.41, 5.74) is 3.92. The van der Waals surface area contributed by atoms with Crippen LogP contribution >= 0.6 is 0 Å². The van der Waals surface area contributed by atoms with Gasteiger partial charge >= 0.3 is 0 Å². The minimum atomic E-state index is 0.877. The average Bonchev–Trinajstić information content (AvgIpc) is 2.17. The molecule has 0 fully saturated rings. The summed E-state index contributed by atoms with van der Waals surface area (Å²) in [6.07, 6.45) is 3.83. The lowest BCUT2D eigenvalue weighted by molar-refractivity contribution is -0.841. The average molecular weight is 194 g/mol. The fourth-order valence-electron chi connectivity index (χ4n) is 1.22. The molecule has 0 aliphatic rings. The van der Waals surface area contributed by atoms with Crippen molar-refractivity contribution in [3.8, 4) is 5.75 Å². The fraction of sp³-hybridized carbons (Fsp3) is 0.273. The van der Waals surface area contributed by atoms with Gasteiger partial charge in [0.15, 0.2) is 0 Å². The van der Waals surface area contributed by atoms with Crippen LogP contribution in [-0.2, 0) is 4.84 Å². The number of aryl methyl sites for hydroxylation is 1. The van der Waals surface area contributed by atoms with Crippen molar-refractivity contribution in [2.24, 2.45) is 0 Å². The predicted molar refractivity (Wildman–Crippen MR) is 55.7 cm³/mol. The van der Waals surface area contributed by atoms with Crippen molar-refractivity contribution in [2.45, 2.75) is 6.92 Å². The van der Waals surface area contributed by atoms with Crippen LogP contribution in [0.15, 0.2) is 24.4 Å². The zero-order valence-corrected chi connectivity index (χ0v) is 8.78. The van der Waals surface area contributed by atoms with Gasteiger partial charge in [0.05, 0.1) is 14.2 Å². The molecule has 3 nitrogen and oxygen atoms in total. The van der Waals surface area contributed by atoms with Crippen LogP contribution in [0.25, 0.3) is 6.08 Å². The SMILES string of the molecule is CO[NH2+]/C=C/c1cc(C)cc(OC)c1. The molecule has 0 saturated carbocycles. The largest absolute Gasteiger partial charge is 0.497 e. The molecule has 14 heavy (non-hydrogen) atoms. The van der Waals surface area contributed by atoms with E-state index in [-0.39, 0.29) is 0 Å². The normalized spacial score (nSPS) is 10.8. The minimum absolute atomic E-state index is 0.877. The fourth-order valence-corrected chi connectivity index (χ4v) is 1.22. The van der Waals surface area contributed by atoms with Crippen LogP contribution in [0.4, 0.5) is 0 Å². The first-order chi connectivity index (χ1) is 6.76. The number of hydroxylamine groups is 1. The predicted octanol–water partition coefficient (Wildman–Crippen LogP) is 1.10. The monoisotopic (exact) mass is 194 g/mol. The molecule has 0 atom stereocenters. The van der Waals surface area contributed by atoms with E-state index in [2.05, 4.69) is 6.07 Å². The van der Waals surface area contributed by atoms with Crippen LogP contribution in [-0.4, -0.2) is 14.2 Å². The molecule has 0 heterocycles. The molecule has 2 N–H and O–H groups in total. The highest BCUT2D eigenvalue weighted by Crippen LogP contribution is 2.16. The van der Waals surface area contributed by atoms with Crippen LogP contribution < -0.4 is 10.2 Å². The van der Waals surface area contributed by atoms with E-state index in [1.54, 1.807) is 19.7 Å².